The molecule has 0 aliphatic carbocycles. The van der Waals surface area contributed by atoms with Gasteiger partial charge in [-0.15, -0.1) is 0 Å². The molecule has 1 aliphatic rings. The quantitative estimate of drug-likeness (QED) is 0.298. The molecular weight excluding hydrogens is 324 g/mol. The first-order valence-electron chi connectivity index (χ1n) is 7.42. The monoisotopic (exact) mass is 346 g/mol. The SMILES string of the molecule is OCC1OC(OCC(O)C(O)c2ccc(O)cc2)C(O)C(O)C1O. The first kappa shape index (κ1) is 19.0. The minimum atomic E-state index is -1.58. The summed E-state index contributed by atoms with van der Waals surface area (Å²) >= 11 is 0. The predicted octanol–water partition coefficient (Wildman–Crippen LogP) is -2.40. The van der Waals surface area contributed by atoms with Gasteiger partial charge in [0.05, 0.1) is 13.2 Å². The van der Waals surface area contributed by atoms with Crippen LogP contribution in [0.25, 0.3) is 0 Å². The van der Waals surface area contributed by atoms with E-state index in [1.54, 1.807) is 0 Å². The fraction of sp³-hybridized carbons (Fsp3) is 0.600. The maximum absolute atomic E-state index is 10.0. The van der Waals surface area contributed by atoms with Crippen LogP contribution in [-0.4, -0.2) is 85.8 Å². The number of hydrogen-bond donors (Lipinski definition) is 7. The molecule has 0 saturated carbocycles. The van der Waals surface area contributed by atoms with Gasteiger partial charge in [-0.2, -0.15) is 0 Å². The average Bonchev–Trinajstić information content (AvgIpc) is 2.59. The van der Waals surface area contributed by atoms with Gasteiger partial charge in [-0.25, -0.2) is 0 Å². The van der Waals surface area contributed by atoms with Crippen LogP contribution in [0.3, 0.4) is 0 Å². The number of hydrogen-bond acceptors (Lipinski definition) is 9. The van der Waals surface area contributed by atoms with E-state index in [0.29, 0.717) is 5.56 Å². The van der Waals surface area contributed by atoms with Crippen molar-refractivity contribution in [2.45, 2.75) is 42.9 Å². The van der Waals surface area contributed by atoms with Gasteiger partial charge in [0.15, 0.2) is 6.29 Å². The fourth-order valence-electron chi connectivity index (χ4n) is 2.38. The summed E-state index contributed by atoms with van der Waals surface area (Å²) < 4.78 is 10.3. The smallest absolute Gasteiger partial charge is 0.186 e. The number of phenols is 1. The molecular formula is C15H22O9. The van der Waals surface area contributed by atoms with Gasteiger partial charge >= 0.3 is 0 Å². The van der Waals surface area contributed by atoms with E-state index in [1.165, 1.54) is 24.3 Å². The topological polar surface area (TPSA) is 160 Å². The minimum Gasteiger partial charge on any atom is -0.508 e. The van der Waals surface area contributed by atoms with Crippen molar-refractivity contribution in [1.29, 1.82) is 0 Å². The zero-order chi connectivity index (χ0) is 17.9. The fourth-order valence-corrected chi connectivity index (χ4v) is 2.38. The number of aliphatic hydroxyl groups is 6. The van der Waals surface area contributed by atoms with Crippen molar-refractivity contribution in [3.63, 3.8) is 0 Å². The maximum Gasteiger partial charge on any atom is 0.186 e. The zero-order valence-electron chi connectivity index (χ0n) is 12.7. The Labute approximate surface area is 137 Å². The molecule has 7 atom stereocenters. The van der Waals surface area contributed by atoms with Crippen LogP contribution in [0.4, 0.5) is 0 Å². The highest BCUT2D eigenvalue weighted by atomic mass is 16.7. The summed E-state index contributed by atoms with van der Waals surface area (Å²) in [7, 11) is 0. The standard InChI is InChI=1S/C15H22O9/c16-5-10-12(20)13(21)14(22)15(24-10)23-6-9(18)11(19)7-1-3-8(17)4-2-7/h1-4,9-22H,5-6H2. The molecule has 136 valence electrons. The summed E-state index contributed by atoms with van der Waals surface area (Å²) in [6, 6.07) is 5.56. The van der Waals surface area contributed by atoms with Crippen LogP contribution in [0.5, 0.6) is 5.75 Å². The lowest BCUT2D eigenvalue weighted by Gasteiger charge is -2.39. The van der Waals surface area contributed by atoms with Crippen molar-refractivity contribution in [1.82, 2.24) is 0 Å². The zero-order valence-corrected chi connectivity index (χ0v) is 12.7. The van der Waals surface area contributed by atoms with E-state index in [9.17, 15) is 30.6 Å². The van der Waals surface area contributed by atoms with Gasteiger partial charge in [0.25, 0.3) is 0 Å². The molecule has 0 radical (unpaired) electrons. The van der Waals surface area contributed by atoms with Gasteiger partial charge < -0.3 is 45.2 Å². The highest BCUT2D eigenvalue weighted by molar-refractivity contribution is 5.27. The number of aromatic hydroxyl groups is 1. The van der Waals surface area contributed by atoms with E-state index in [2.05, 4.69) is 0 Å². The van der Waals surface area contributed by atoms with Crippen molar-refractivity contribution in [3.05, 3.63) is 29.8 Å². The van der Waals surface area contributed by atoms with E-state index in [4.69, 9.17) is 14.6 Å². The van der Waals surface area contributed by atoms with E-state index < -0.39 is 56.1 Å². The molecule has 7 N–H and O–H groups in total. The van der Waals surface area contributed by atoms with Crippen molar-refractivity contribution < 1.29 is 45.2 Å². The molecule has 1 aromatic rings. The van der Waals surface area contributed by atoms with Crippen LogP contribution in [0.15, 0.2) is 24.3 Å². The molecule has 7 unspecified atom stereocenters. The van der Waals surface area contributed by atoms with Crippen LogP contribution in [0, 0.1) is 0 Å². The second kappa shape index (κ2) is 8.19. The summed E-state index contributed by atoms with van der Waals surface area (Å²) in [5.74, 6) is 0.0120. The largest absolute Gasteiger partial charge is 0.508 e. The van der Waals surface area contributed by atoms with Gasteiger partial charge in [0.2, 0.25) is 0 Å². The number of rotatable bonds is 6. The van der Waals surface area contributed by atoms with Gasteiger partial charge in [0.1, 0.15) is 42.4 Å². The van der Waals surface area contributed by atoms with Crippen molar-refractivity contribution in [3.8, 4) is 5.75 Å². The van der Waals surface area contributed by atoms with Crippen LogP contribution in [0.2, 0.25) is 0 Å². The highest BCUT2D eigenvalue weighted by Gasteiger charge is 2.44. The summed E-state index contributed by atoms with van der Waals surface area (Å²) in [5.41, 5.74) is 0.345. The average molecular weight is 346 g/mol. The molecule has 9 heteroatoms. The number of ether oxygens (including phenoxy) is 2. The number of aliphatic hydroxyl groups excluding tert-OH is 6. The number of benzene rings is 1. The molecule has 1 saturated heterocycles. The molecule has 0 aromatic heterocycles. The Balaban J connectivity index is 1.92. The molecule has 1 aromatic carbocycles. The normalized spacial score (nSPS) is 33.2. The third-order valence-electron chi connectivity index (χ3n) is 3.88. The number of phenolic OH excluding ortho intramolecular Hbond substituents is 1. The second-order valence-corrected chi connectivity index (χ2v) is 5.63. The van der Waals surface area contributed by atoms with E-state index >= 15 is 0 Å². The van der Waals surface area contributed by atoms with Gasteiger partial charge in [0, 0.05) is 0 Å². The highest BCUT2D eigenvalue weighted by Crippen LogP contribution is 2.24. The van der Waals surface area contributed by atoms with Gasteiger partial charge in [-0.05, 0) is 17.7 Å². The minimum absolute atomic E-state index is 0.0120. The summed E-state index contributed by atoms with van der Waals surface area (Å²) in [6.07, 6.45) is -9.86. The molecule has 0 spiro atoms. The second-order valence-electron chi connectivity index (χ2n) is 5.63. The van der Waals surface area contributed by atoms with E-state index in [0.717, 1.165) is 0 Å². The van der Waals surface area contributed by atoms with Crippen LogP contribution in [0.1, 0.15) is 11.7 Å². The Bertz CT molecular complexity index is 506. The molecule has 0 bridgehead atoms. The Hall–Kier alpha value is -1.30. The molecule has 1 heterocycles. The van der Waals surface area contributed by atoms with Crippen molar-refractivity contribution in [2.75, 3.05) is 13.2 Å². The Kier molecular flexibility index (Phi) is 6.49. The first-order valence-corrected chi connectivity index (χ1v) is 7.42. The van der Waals surface area contributed by atoms with Crippen LogP contribution in [-0.2, 0) is 9.47 Å². The summed E-state index contributed by atoms with van der Waals surface area (Å²) in [4.78, 5) is 0. The molecule has 24 heavy (non-hydrogen) atoms. The predicted molar refractivity (Wildman–Crippen MR) is 78.8 cm³/mol. The third-order valence-corrected chi connectivity index (χ3v) is 3.88. The molecule has 2 rings (SSSR count). The molecule has 9 nitrogen and oxygen atoms in total. The summed E-state index contributed by atoms with van der Waals surface area (Å²) in [5, 5.41) is 67.4. The molecule has 1 aliphatic heterocycles. The lowest BCUT2D eigenvalue weighted by atomic mass is 9.99. The maximum atomic E-state index is 10.0. The summed E-state index contributed by atoms with van der Waals surface area (Å²) in [6.45, 7) is -1.03. The van der Waals surface area contributed by atoms with Crippen molar-refractivity contribution in [2.24, 2.45) is 0 Å². The molecule has 0 amide bonds. The van der Waals surface area contributed by atoms with Gasteiger partial charge in [-0.1, -0.05) is 12.1 Å². The van der Waals surface area contributed by atoms with E-state index in [1.807, 2.05) is 0 Å². The Morgan fingerprint density at radius 2 is 1.62 bits per heavy atom. The van der Waals surface area contributed by atoms with Gasteiger partial charge in [-0.3, -0.25) is 0 Å². The van der Waals surface area contributed by atoms with Crippen molar-refractivity contribution >= 4 is 0 Å². The Morgan fingerprint density at radius 1 is 1.00 bits per heavy atom. The van der Waals surface area contributed by atoms with Crippen LogP contribution >= 0.6 is 0 Å². The first-order chi connectivity index (χ1) is 11.3. The van der Waals surface area contributed by atoms with E-state index in [-0.39, 0.29) is 5.75 Å². The Morgan fingerprint density at radius 3 is 2.21 bits per heavy atom. The third kappa shape index (κ3) is 4.21. The van der Waals surface area contributed by atoms with Crippen LogP contribution < -0.4 is 0 Å². The lowest BCUT2D eigenvalue weighted by Crippen LogP contribution is -2.59. The molecule has 1 fully saturated rings. The lowest BCUT2D eigenvalue weighted by molar-refractivity contribution is -0.306.